The largest absolute Gasteiger partial charge is 0.369 e. The lowest BCUT2D eigenvalue weighted by molar-refractivity contribution is -0.115. The van der Waals surface area contributed by atoms with E-state index in [0.29, 0.717) is 17.1 Å². The number of hydrogen-bond acceptors (Lipinski definition) is 4. The Bertz CT molecular complexity index is 651. The zero-order valence-electron chi connectivity index (χ0n) is 9.92. The summed E-state index contributed by atoms with van der Waals surface area (Å²) in [6, 6.07) is 5.20. The van der Waals surface area contributed by atoms with Gasteiger partial charge in [-0.2, -0.15) is 0 Å². The molecule has 0 aliphatic heterocycles. The molecule has 2 N–H and O–H groups in total. The Morgan fingerprint density at radius 2 is 2.28 bits per heavy atom. The summed E-state index contributed by atoms with van der Waals surface area (Å²) in [5.41, 5.74) is 7.21. The Balaban J connectivity index is 2.29. The van der Waals surface area contributed by atoms with Gasteiger partial charge in [0.15, 0.2) is 0 Å². The lowest BCUT2D eigenvalue weighted by Crippen LogP contribution is -2.16. The van der Waals surface area contributed by atoms with Crippen LogP contribution in [0.2, 0.25) is 0 Å². The van der Waals surface area contributed by atoms with Crippen LogP contribution in [-0.2, 0) is 10.5 Å². The van der Waals surface area contributed by atoms with Crippen LogP contribution in [0, 0.1) is 6.92 Å². The minimum absolute atomic E-state index is 0.113. The molecule has 2 aromatic rings. The van der Waals surface area contributed by atoms with Crippen molar-refractivity contribution in [1.29, 1.82) is 0 Å². The number of pyridine rings is 1. The Morgan fingerprint density at radius 1 is 1.50 bits per heavy atom. The summed E-state index contributed by atoms with van der Waals surface area (Å²) >= 11 is 1.35. The molecule has 1 amide bonds. The van der Waals surface area contributed by atoms with E-state index in [1.54, 1.807) is 12.3 Å². The SMILES string of the molecule is Cc1ccc2nc(CSCC(N)=O)cc(=O)n2c1. The summed E-state index contributed by atoms with van der Waals surface area (Å²) in [6.45, 7) is 1.92. The topological polar surface area (TPSA) is 77.5 Å². The average Bonchev–Trinajstić information content (AvgIpc) is 2.30. The fourth-order valence-corrected chi connectivity index (χ4v) is 2.25. The number of aryl methyl sites for hydroxylation is 1. The molecule has 2 aromatic heterocycles. The maximum absolute atomic E-state index is 11.9. The van der Waals surface area contributed by atoms with E-state index in [9.17, 15) is 9.59 Å². The third kappa shape index (κ3) is 2.89. The Morgan fingerprint density at radius 3 is 3.00 bits per heavy atom. The van der Waals surface area contributed by atoms with E-state index in [2.05, 4.69) is 4.98 Å². The molecule has 0 unspecified atom stereocenters. The quantitative estimate of drug-likeness (QED) is 0.881. The molecular weight excluding hydrogens is 250 g/mol. The van der Waals surface area contributed by atoms with Crippen molar-refractivity contribution < 1.29 is 4.79 Å². The van der Waals surface area contributed by atoms with E-state index in [4.69, 9.17) is 5.73 Å². The van der Waals surface area contributed by atoms with Gasteiger partial charge in [-0.15, -0.1) is 11.8 Å². The first kappa shape index (κ1) is 12.6. The van der Waals surface area contributed by atoms with E-state index in [1.807, 2.05) is 13.0 Å². The molecule has 0 saturated carbocycles. The monoisotopic (exact) mass is 263 g/mol. The molecule has 0 aliphatic rings. The molecule has 0 aromatic carbocycles. The van der Waals surface area contributed by atoms with Crippen LogP contribution in [0.5, 0.6) is 0 Å². The highest BCUT2D eigenvalue weighted by Crippen LogP contribution is 2.09. The van der Waals surface area contributed by atoms with Gasteiger partial charge in [0.2, 0.25) is 5.91 Å². The molecular formula is C12H13N3O2S. The van der Waals surface area contributed by atoms with Crippen LogP contribution in [0.25, 0.3) is 5.65 Å². The average molecular weight is 263 g/mol. The minimum atomic E-state index is -0.367. The van der Waals surface area contributed by atoms with Crippen molar-refractivity contribution in [3.8, 4) is 0 Å². The number of rotatable bonds is 4. The number of carbonyl (C=O) groups is 1. The van der Waals surface area contributed by atoms with Gasteiger partial charge < -0.3 is 5.73 Å². The van der Waals surface area contributed by atoms with Crippen molar-refractivity contribution in [3.63, 3.8) is 0 Å². The highest BCUT2D eigenvalue weighted by Gasteiger charge is 2.03. The number of aromatic nitrogens is 2. The molecule has 0 spiro atoms. The summed E-state index contributed by atoms with van der Waals surface area (Å²) in [4.78, 5) is 26.9. The van der Waals surface area contributed by atoms with Crippen LogP contribution in [0.3, 0.4) is 0 Å². The maximum Gasteiger partial charge on any atom is 0.258 e. The number of amides is 1. The first-order valence-electron chi connectivity index (χ1n) is 5.41. The number of nitrogens with two attached hydrogens (primary N) is 1. The van der Waals surface area contributed by atoms with Crippen molar-refractivity contribution in [1.82, 2.24) is 9.38 Å². The zero-order valence-corrected chi connectivity index (χ0v) is 10.7. The number of primary amides is 1. The molecule has 2 rings (SSSR count). The second-order valence-electron chi connectivity index (χ2n) is 3.98. The van der Waals surface area contributed by atoms with E-state index in [0.717, 1.165) is 5.56 Å². The molecule has 0 aliphatic carbocycles. The van der Waals surface area contributed by atoms with Gasteiger partial charge in [0.25, 0.3) is 5.56 Å². The van der Waals surface area contributed by atoms with Crippen LogP contribution >= 0.6 is 11.8 Å². The van der Waals surface area contributed by atoms with E-state index in [1.165, 1.54) is 22.2 Å². The van der Waals surface area contributed by atoms with E-state index < -0.39 is 0 Å². The van der Waals surface area contributed by atoms with Gasteiger partial charge in [-0.1, -0.05) is 6.07 Å². The molecule has 5 nitrogen and oxygen atoms in total. The van der Waals surface area contributed by atoms with Gasteiger partial charge in [0.05, 0.1) is 11.4 Å². The summed E-state index contributed by atoms with van der Waals surface area (Å²) < 4.78 is 1.51. The first-order valence-corrected chi connectivity index (χ1v) is 6.57. The predicted octanol–water partition coefficient (Wildman–Crippen LogP) is 0.721. The van der Waals surface area contributed by atoms with E-state index >= 15 is 0 Å². The molecule has 0 radical (unpaired) electrons. The number of hydrogen-bond donors (Lipinski definition) is 1. The Labute approximate surface area is 108 Å². The number of nitrogens with zero attached hydrogens (tertiary/aromatic N) is 2. The van der Waals surface area contributed by atoms with Crippen LogP contribution < -0.4 is 11.3 Å². The van der Waals surface area contributed by atoms with Crippen molar-refractivity contribution >= 4 is 23.3 Å². The van der Waals surface area contributed by atoms with Gasteiger partial charge in [-0.25, -0.2) is 4.98 Å². The van der Waals surface area contributed by atoms with Gasteiger partial charge >= 0.3 is 0 Å². The number of carbonyl (C=O) groups excluding carboxylic acids is 1. The molecule has 0 atom stereocenters. The summed E-state index contributed by atoms with van der Waals surface area (Å²) in [5, 5.41) is 0. The van der Waals surface area contributed by atoms with Crippen LogP contribution in [0.15, 0.2) is 29.2 Å². The van der Waals surface area contributed by atoms with E-state index in [-0.39, 0.29) is 17.2 Å². The molecule has 18 heavy (non-hydrogen) atoms. The second kappa shape index (κ2) is 5.22. The fraction of sp³-hybridized carbons (Fsp3) is 0.250. The third-order valence-electron chi connectivity index (χ3n) is 2.35. The lowest BCUT2D eigenvalue weighted by atomic mass is 10.3. The zero-order chi connectivity index (χ0) is 13.1. The van der Waals surface area contributed by atoms with Crippen molar-refractivity contribution in [3.05, 3.63) is 46.0 Å². The molecule has 2 heterocycles. The molecule has 0 bridgehead atoms. The Hall–Kier alpha value is -1.82. The van der Waals surface area contributed by atoms with Gasteiger partial charge in [-0.05, 0) is 18.6 Å². The van der Waals surface area contributed by atoms with Crippen LogP contribution in [0.4, 0.5) is 0 Å². The summed E-state index contributed by atoms with van der Waals surface area (Å²) in [5.74, 6) is 0.366. The molecule has 0 saturated heterocycles. The smallest absolute Gasteiger partial charge is 0.258 e. The maximum atomic E-state index is 11.9. The predicted molar refractivity (Wildman–Crippen MR) is 71.6 cm³/mol. The Kier molecular flexibility index (Phi) is 3.66. The standard InChI is InChI=1S/C12H13N3O2S/c1-8-2-3-11-14-9(6-18-7-10(13)16)4-12(17)15(11)5-8/h2-5H,6-7H2,1H3,(H2,13,16). The van der Waals surface area contributed by atoms with Gasteiger partial charge in [0, 0.05) is 18.0 Å². The normalized spacial score (nSPS) is 10.7. The third-order valence-corrected chi connectivity index (χ3v) is 3.34. The minimum Gasteiger partial charge on any atom is -0.369 e. The number of fused-ring (bicyclic) bond motifs is 1. The molecule has 94 valence electrons. The van der Waals surface area contributed by atoms with Gasteiger partial charge in [-0.3, -0.25) is 14.0 Å². The van der Waals surface area contributed by atoms with Crippen molar-refractivity contribution in [2.24, 2.45) is 5.73 Å². The molecule has 0 fully saturated rings. The summed E-state index contributed by atoms with van der Waals surface area (Å²) in [6.07, 6.45) is 1.75. The lowest BCUT2D eigenvalue weighted by Gasteiger charge is -2.04. The number of thioether (sulfide) groups is 1. The summed E-state index contributed by atoms with van der Waals surface area (Å²) in [7, 11) is 0. The highest BCUT2D eigenvalue weighted by molar-refractivity contribution is 7.99. The van der Waals surface area contributed by atoms with Crippen molar-refractivity contribution in [2.45, 2.75) is 12.7 Å². The highest BCUT2D eigenvalue weighted by atomic mass is 32.2. The van der Waals surface area contributed by atoms with Crippen LogP contribution in [0.1, 0.15) is 11.3 Å². The van der Waals surface area contributed by atoms with Crippen LogP contribution in [-0.4, -0.2) is 21.0 Å². The molecule has 6 heteroatoms. The van der Waals surface area contributed by atoms with Gasteiger partial charge in [0.1, 0.15) is 5.65 Å². The fourth-order valence-electron chi connectivity index (χ4n) is 1.59. The second-order valence-corrected chi connectivity index (χ2v) is 4.97. The first-order chi connectivity index (χ1) is 8.56. The van der Waals surface area contributed by atoms with Crippen molar-refractivity contribution in [2.75, 3.05) is 5.75 Å².